The topological polar surface area (TPSA) is 54.5 Å². The minimum absolute atomic E-state index is 0.279. The van der Waals surface area contributed by atoms with Crippen molar-refractivity contribution in [1.82, 2.24) is 15.0 Å². The Morgan fingerprint density at radius 2 is 1.86 bits per heavy atom. The summed E-state index contributed by atoms with van der Waals surface area (Å²) in [4.78, 5) is 0. The predicted octanol–water partition coefficient (Wildman–Crippen LogP) is 3.83. The maximum absolute atomic E-state index is 9.30. The van der Waals surface area contributed by atoms with Gasteiger partial charge < -0.3 is 0 Å². The van der Waals surface area contributed by atoms with E-state index in [1.165, 1.54) is 5.56 Å². The van der Waals surface area contributed by atoms with Crippen molar-refractivity contribution in [3.63, 3.8) is 0 Å². The molecule has 0 atom stereocenters. The number of aryl methyl sites for hydroxylation is 1. The molecule has 0 fully saturated rings. The normalized spacial score (nSPS) is 10.4. The van der Waals surface area contributed by atoms with Crippen LogP contribution in [0.2, 0.25) is 5.02 Å². The minimum Gasteiger partial charge on any atom is -0.239 e. The first kappa shape index (κ1) is 14.3. The van der Waals surface area contributed by atoms with Crippen molar-refractivity contribution < 1.29 is 0 Å². The van der Waals surface area contributed by atoms with Gasteiger partial charge in [-0.15, -0.1) is 5.10 Å². The van der Waals surface area contributed by atoms with Gasteiger partial charge in [-0.05, 0) is 24.1 Å². The summed E-state index contributed by atoms with van der Waals surface area (Å²) < 4.78 is 1.72. The zero-order chi connectivity index (χ0) is 15.5. The van der Waals surface area contributed by atoms with Crippen molar-refractivity contribution in [2.24, 2.45) is 0 Å². The van der Waals surface area contributed by atoms with Crippen LogP contribution < -0.4 is 0 Å². The first-order chi connectivity index (χ1) is 10.7. The number of aromatic nitrogens is 3. The Morgan fingerprint density at radius 3 is 2.59 bits per heavy atom. The van der Waals surface area contributed by atoms with E-state index in [4.69, 9.17) is 11.6 Å². The molecule has 108 valence electrons. The molecule has 4 nitrogen and oxygen atoms in total. The fourth-order valence-electron chi connectivity index (χ4n) is 2.37. The van der Waals surface area contributed by atoms with Gasteiger partial charge in [-0.25, -0.2) is 4.68 Å². The summed E-state index contributed by atoms with van der Waals surface area (Å²) >= 11 is 6.27. The molecule has 0 spiro atoms. The van der Waals surface area contributed by atoms with E-state index < -0.39 is 0 Å². The van der Waals surface area contributed by atoms with E-state index in [1.807, 2.05) is 49.4 Å². The van der Waals surface area contributed by atoms with Gasteiger partial charge in [0, 0.05) is 5.56 Å². The van der Waals surface area contributed by atoms with E-state index in [2.05, 4.69) is 16.4 Å². The Bertz CT molecular complexity index is 861. The Morgan fingerprint density at radius 1 is 1.14 bits per heavy atom. The molecule has 0 bridgehead atoms. The third kappa shape index (κ3) is 2.59. The summed E-state index contributed by atoms with van der Waals surface area (Å²) in [7, 11) is 0. The first-order valence-corrected chi connectivity index (χ1v) is 7.21. The largest absolute Gasteiger partial charge is 0.239 e. The zero-order valence-corrected chi connectivity index (χ0v) is 12.7. The molecule has 22 heavy (non-hydrogen) atoms. The minimum atomic E-state index is 0.279. The number of hydrogen-bond donors (Lipinski definition) is 0. The molecule has 1 heterocycles. The number of hydrogen-bond acceptors (Lipinski definition) is 3. The average Bonchev–Trinajstić information content (AvgIpc) is 2.93. The van der Waals surface area contributed by atoms with Crippen molar-refractivity contribution >= 4 is 11.6 Å². The van der Waals surface area contributed by atoms with Gasteiger partial charge in [0.15, 0.2) is 5.69 Å². The smallest absolute Gasteiger partial charge is 0.190 e. The molecule has 0 unspecified atom stereocenters. The van der Waals surface area contributed by atoms with Crippen LogP contribution in [0.5, 0.6) is 0 Å². The van der Waals surface area contributed by atoms with Crippen molar-refractivity contribution in [2.45, 2.75) is 13.5 Å². The molecule has 3 aromatic rings. The van der Waals surface area contributed by atoms with E-state index in [9.17, 15) is 5.26 Å². The first-order valence-electron chi connectivity index (χ1n) is 6.83. The number of rotatable bonds is 3. The highest BCUT2D eigenvalue weighted by molar-refractivity contribution is 6.33. The molecule has 0 aliphatic carbocycles. The number of nitrogens with zero attached hydrogens (tertiary/aromatic N) is 4. The molecular formula is C17H13ClN4. The summed E-state index contributed by atoms with van der Waals surface area (Å²) in [6.45, 7) is 2.59. The lowest BCUT2D eigenvalue weighted by Crippen LogP contribution is -2.06. The lowest BCUT2D eigenvalue weighted by atomic mass is 10.1. The SMILES string of the molecule is Cc1ccccc1Cn1nnc(C#N)c1-c1ccccc1Cl. The summed E-state index contributed by atoms with van der Waals surface area (Å²) in [5.41, 5.74) is 3.99. The number of nitriles is 1. The van der Waals surface area contributed by atoms with Crippen LogP contribution in [0.1, 0.15) is 16.8 Å². The molecule has 1 aromatic heterocycles. The van der Waals surface area contributed by atoms with Gasteiger partial charge in [0.05, 0.1) is 11.6 Å². The molecule has 0 radical (unpaired) electrons. The Labute approximate surface area is 133 Å². The fraction of sp³-hybridized carbons (Fsp3) is 0.118. The lowest BCUT2D eigenvalue weighted by molar-refractivity contribution is 0.653. The highest BCUT2D eigenvalue weighted by Crippen LogP contribution is 2.29. The van der Waals surface area contributed by atoms with Gasteiger partial charge in [-0.3, -0.25) is 0 Å². The highest BCUT2D eigenvalue weighted by Gasteiger charge is 2.17. The second-order valence-corrected chi connectivity index (χ2v) is 5.37. The third-order valence-corrected chi connectivity index (χ3v) is 3.88. The van der Waals surface area contributed by atoms with Crippen LogP contribution in [0.25, 0.3) is 11.3 Å². The maximum atomic E-state index is 9.30. The summed E-state index contributed by atoms with van der Waals surface area (Å²) in [5, 5.41) is 18.0. The lowest BCUT2D eigenvalue weighted by Gasteiger charge is -2.10. The second-order valence-electron chi connectivity index (χ2n) is 4.96. The van der Waals surface area contributed by atoms with Crippen LogP contribution in [0.3, 0.4) is 0 Å². The second kappa shape index (κ2) is 6.00. The zero-order valence-electron chi connectivity index (χ0n) is 12.0. The van der Waals surface area contributed by atoms with Gasteiger partial charge in [-0.2, -0.15) is 5.26 Å². The van der Waals surface area contributed by atoms with Gasteiger partial charge in [0.25, 0.3) is 0 Å². The van der Waals surface area contributed by atoms with E-state index in [-0.39, 0.29) is 5.69 Å². The van der Waals surface area contributed by atoms with Crippen LogP contribution in [-0.4, -0.2) is 15.0 Å². The molecule has 3 rings (SSSR count). The Kier molecular flexibility index (Phi) is 3.90. The molecule has 0 saturated carbocycles. The van der Waals surface area contributed by atoms with Crippen molar-refractivity contribution in [3.05, 3.63) is 70.4 Å². The van der Waals surface area contributed by atoms with Crippen molar-refractivity contribution in [3.8, 4) is 17.3 Å². The molecule has 0 amide bonds. The number of benzene rings is 2. The Balaban J connectivity index is 2.11. The fourth-order valence-corrected chi connectivity index (χ4v) is 2.59. The van der Waals surface area contributed by atoms with Gasteiger partial charge >= 0.3 is 0 Å². The van der Waals surface area contributed by atoms with Crippen molar-refractivity contribution in [2.75, 3.05) is 0 Å². The van der Waals surface area contributed by atoms with Crippen molar-refractivity contribution in [1.29, 1.82) is 5.26 Å². The molecule has 2 aromatic carbocycles. The Hall–Kier alpha value is -2.64. The van der Waals surface area contributed by atoms with Crippen LogP contribution in [0.15, 0.2) is 48.5 Å². The van der Waals surface area contributed by atoms with Crippen LogP contribution in [0.4, 0.5) is 0 Å². The molecule has 0 N–H and O–H groups in total. The van der Waals surface area contributed by atoms with E-state index in [1.54, 1.807) is 10.7 Å². The highest BCUT2D eigenvalue weighted by atomic mass is 35.5. The molecule has 0 aliphatic heterocycles. The molecular weight excluding hydrogens is 296 g/mol. The van der Waals surface area contributed by atoms with E-state index >= 15 is 0 Å². The van der Waals surface area contributed by atoms with E-state index in [0.29, 0.717) is 17.3 Å². The average molecular weight is 309 g/mol. The van der Waals surface area contributed by atoms with Crippen LogP contribution >= 0.6 is 11.6 Å². The number of halogens is 1. The monoisotopic (exact) mass is 308 g/mol. The standard InChI is InChI=1S/C17H13ClN4/c1-12-6-2-3-7-13(12)11-22-17(16(10-19)20-21-22)14-8-4-5-9-15(14)18/h2-9H,11H2,1H3. The van der Waals surface area contributed by atoms with E-state index in [0.717, 1.165) is 11.1 Å². The van der Waals surface area contributed by atoms with Gasteiger partial charge in [-0.1, -0.05) is 59.3 Å². The van der Waals surface area contributed by atoms with Gasteiger partial charge in [0.1, 0.15) is 11.8 Å². The summed E-state index contributed by atoms with van der Waals surface area (Å²) in [6, 6.07) is 17.6. The molecule has 0 aliphatic rings. The van der Waals surface area contributed by atoms with Crippen LogP contribution in [-0.2, 0) is 6.54 Å². The summed E-state index contributed by atoms with van der Waals surface area (Å²) in [5.74, 6) is 0. The molecule has 5 heteroatoms. The quantitative estimate of drug-likeness (QED) is 0.739. The van der Waals surface area contributed by atoms with Crippen LogP contribution in [0, 0.1) is 18.3 Å². The van der Waals surface area contributed by atoms with Gasteiger partial charge in [0.2, 0.25) is 0 Å². The third-order valence-electron chi connectivity index (χ3n) is 3.55. The maximum Gasteiger partial charge on any atom is 0.190 e. The summed E-state index contributed by atoms with van der Waals surface area (Å²) in [6.07, 6.45) is 0. The molecule has 0 saturated heterocycles. The predicted molar refractivity (Wildman–Crippen MR) is 85.5 cm³/mol.